The van der Waals surface area contributed by atoms with Crippen LogP contribution in [0.15, 0.2) is 48.7 Å². The van der Waals surface area contributed by atoms with Gasteiger partial charge in [-0.25, -0.2) is 0 Å². The minimum Gasteiger partial charge on any atom is -0.361 e. The Morgan fingerprint density at radius 3 is 2.30 bits per heavy atom. The first-order valence-electron chi connectivity index (χ1n) is 13.2. The molecule has 0 saturated carbocycles. The van der Waals surface area contributed by atoms with Gasteiger partial charge in [-0.2, -0.15) is 26.3 Å². The second kappa shape index (κ2) is 11.7. The number of nitrogens with zero attached hydrogens (tertiary/aromatic N) is 3. The van der Waals surface area contributed by atoms with Gasteiger partial charge < -0.3 is 9.88 Å². The minimum absolute atomic E-state index is 0.0526. The van der Waals surface area contributed by atoms with Gasteiger partial charge in [-0.1, -0.05) is 18.2 Å². The van der Waals surface area contributed by atoms with Crippen molar-refractivity contribution in [3.05, 3.63) is 70.9 Å². The molecule has 216 valence electrons. The molecule has 2 aromatic carbocycles. The lowest BCUT2D eigenvalue weighted by Crippen LogP contribution is -2.56. The molecule has 0 radical (unpaired) electrons. The van der Waals surface area contributed by atoms with Gasteiger partial charge in [0.15, 0.2) is 0 Å². The molecule has 0 bridgehead atoms. The second-order valence-electron chi connectivity index (χ2n) is 10.3. The number of rotatable bonds is 7. The fourth-order valence-corrected chi connectivity index (χ4v) is 6.54. The predicted octanol–water partition coefficient (Wildman–Crippen LogP) is 5.97. The largest absolute Gasteiger partial charge is 0.416 e. The van der Waals surface area contributed by atoms with Crippen molar-refractivity contribution in [3.8, 4) is 0 Å². The van der Waals surface area contributed by atoms with Crippen LogP contribution in [0.3, 0.4) is 0 Å². The zero-order valence-corrected chi connectivity index (χ0v) is 22.5. The molecule has 1 N–H and O–H groups in total. The van der Waals surface area contributed by atoms with Crippen LogP contribution in [0.2, 0.25) is 0 Å². The lowest BCUT2D eigenvalue weighted by molar-refractivity contribution is -0.143. The Balaban J connectivity index is 1.40. The number of hydrogen-bond donors (Lipinski definition) is 1. The van der Waals surface area contributed by atoms with E-state index in [9.17, 15) is 31.1 Å². The Labute approximate surface area is 232 Å². The lowest BCUT2D eigenvalue weighted by atomic mass is 9.98. The van der Waals surface area contributed by atoms with E-state index in [0.717, 1.165) is 54.2 Å². The molecule has 40 heavy (non-hydrogen) atoms. The van der Waals surface area contributed by atoms with Crippen molar-refractivity contribution >= 4 is 28.6 Å². The highest BCUT2D eigenvalue weighted by atomic mass is 32.2. The van der Waals surface area contributed by atoms with Gasteiger partial charge in [0.05, 0.1) is 11.1 Å². The van der Waals surface area contributed by atoms with E-state index in [1.807, 2.05) is 42.2 Å². The Morgan fingerprint density at radius 1 is 0.925 bits per heavy atom. The van der Waals surface area contributed by atoms with Crippen molar-refractivity contribution in [1.29, 1.82) is 0 Å². The molecule has 0 aliphatic carbocycles. The number of aromatic amines is 1. The molecule has 1 amide bonds. The SMILES string of the molecule is O=C(c1cc(C(F)(F)F)cc(C(F)(F)F)c1)N1CCN(CCCN2CCSC2)C[C@H]1Cc1c[nH]c2ccccc12. The third-order valence-electron chi connectivity index (χ3n) is 7.57. The summed E-state index contributed by atoms with van der Waals surface area (Å²) >= 11 is 1.90. The van der Waals surface area contributed by atoms with Crippen molar-refractivity contribution in [2.45, 2.75) is 31.2 Å². The molecule has 0 unspecified atom stereocenters. The molecule has 3 heterocycles. The number of benzene rings is 2. The van der Waals surface area contributed by atoms with E-state index < -0.39 is 41.0 Å². The first-order valence-corrected chi connectivity index (χ1v) is 14.3. The molecule has 2 aliphatic rings. The summed E-state index contributed by atoms with van der Waals surface area (Å²) < 4.78 is 81.0. The Bertz CT molecular complexity index is 1300. The Kier molecular flexibility index (Phi) is 8.40. The third-order valence-corrected chi connectivity index (χ3v) is 8.59. The molecule has 5 nitrogen and oxygen atoms in total. The highest BCUT2D eigenvalue weighted by molar-refractivity contribution is 7.99. The molecule has 3 aromatic rings. The molecule has 1 atom stereocenters. The van der Waals surface area contributed by atoms with Crippen LogP contribution < -0.4 is 0 Å². The number of alkyl halides is 6. The number of carbonyl (C=O) groups excluding carboxylic acids is 1. The molecule has 2 saturated heterocycles. The van der Waals surface area contributed by atoms with Crippen molar-refractivity contribution in [3.63, 3.8) is 0 Å². The maximum absolute atomic E-state index is 13.6. The monoisotopic (exact) mass is 584 g/mol. The van der Waals surface area contributed by atoms with Gasteiger partial charge in [-0.15, -0.1) is 11.8 Å². The number of fused-ring (bicyclic) bond motifs is 1. The average molecular weight is 585 g/mol. The molecule has 0 spiro atoms. The van der Waals surface area contributed by atoms with Crippen LogP contribution in [0, 0.1) is 0 Å². The van der Waals surface area contributed by atoms with Crippen molar-refractivity contribution in [2.75, 3.05) is 50.9 Å². The average Bonchev–Trinajstić information content (AvgIpc) is 3.58. The van der Waals surface area contributed by atoms with Crippen molar-refractivity contribution in [2.24, 2.45) is 0 Å². The third kappa shape index (κ3) is 6.60. The van der Waals surface area contributed by atoms with Crippen molar-refractivity contribution < 1.29 is 31.1 Å². The predicted molar refractivity (Wildman–Crippen MR) is 143 cm³/mol. The summed E-state index contributed by atoms with van der Waals surface area (Å²) in [6.45, 7) is 4.01. The summed E-state index contributed by atoms with van der Waals surface area (Å²) in [6, 6.07) is 8.35. The van der Waals surface area contributed by atoms with Gasteiger partial charge >= 0.3 is 12.4 Å². The number of carbonyl (C=O) groups is 1. The number of para-hydroxylation sites is 1. The fourth-order valence-electron chi connectivity index (χ4n) is 5.51. The van der Waals surface area contributed by atoms with Gasteiger partial charge in [0.1, 0.15) is 0 Å². The van der Waals surface area contributed by atoms with E-state index in [4.69, 9.17) is 0 Å². The quantitative estimate of drug-likeness (QED) is 0.348. The zero-order valence-electron chi connectivity index (χ0n) is 21.7. The maximum Gasteiger partial charge on any atom is 0.416 e. The fraction of sp³-hybridized carbons (Fsp3) is 0.464. The number of piperazine rings is 1. The van der Waals surface area contributed by atoms with Crippen LogP contribution >= 0.6 is 11.8 Å². The molecule has 5 rings (SSSR count). The Morgan fingerprint density at radius 2 is 1.62 bits per heavy atom. The number of halogens is 6. The standard InChI is InChI=1S/C28H30F6N4OS/c29-27(30,31)21-12-19(13-22(15-21)28(32,33)34)26(39)38-9-8-36(6-3-7-37-10-11-40-18-37)17-23(38)14-20-16-35-25-5-2-1-4-24(20)25/h1-2,4-5,12-13,15-16,23,35H,3,6-11,14,17-18H2/t23-/m1/s1. The number of H-pyrrole nitrogens is 1. The van der Waals surface area contributed by atoms with Gasteiger partial charge in [0, 0.05) is 73.1 Å². The minimum atomic E-state index is -5.02. The highest BCUT2D eigenvalue weighted by Gasteiger charge is 2.39. The maximum atomic E-state index is 13.6. The molecule has 2 fully saturated rings. The van der Waals surface area contributed by atoms with Crippen LogP contribution in [0.25, 0.3) is 10.9 Å². The summed E-state index contributed by atoms with van der Waals surface area (Å²) in [5, 5.41) is 0.969. The second-order valence-corrected chi connectivity index (χ2v) is 11.4. The van der Waals surface area contributed by atoms with Crippen LogP contribution in [0.5, 0.6) is 0 Å². The molecule has 12 heteroatoms. The van der Waals surface area contributed by atoms with Crippen LogP contribution in [-0.2, 0) is 18.8 Å². The number of amides is 1. The normalized spacial score (nSPS) is 19.6. The van der Waals surface area contributed by atoms with E-state index in [1.165, 1.54) is 4.90 Å². The first-order chi connectivity index (χ1) is 19.0. The van der Waals surface area contributed by atoms with E-state index >= 15 is 0 Å². The zero-order chi connectivity index (χ0) is 28.5. The smallest absolute Gasteiger partial charge is 0.361 e. The van der Waals surface area contributed by atoms with E-state index in [0.29, 0.717) is 31.6 Å². The number of nitrogens with one attached hydrogen (secondary N) is 1. The number of thioether (sulfide) groups is 1. The lowest BCUT2D eigenvalue weighted by Gasteiger charge is -2.42. The van der Waals surface area contributed by atoms with Gasteiger partial charge in [0.2, 0.25) is 0 Å². The summed E-state index contributed by atoms with van der Waals surface area (Å²) in [6.07, 6.45) is -6.83. The number of aromatic nitrogens is 1. The first kappa shape index (κ1) is 28.8. The van der Waals surface area contributed by atoms with E-state index in [1.54, 1.807) is 0 Å². The van der Waals surface area contributed by atoms with Crippen LogP contribution in [0.1, 0.15) is 33.5 Å². The van der Waals surface area contributed by atoms with Crippen LogP contribution in [-0.4, -0.2) is 82.5 Å². The topological polar surface area (TPSA) is 42.6 Å². The summed E-state index contributed by atoms with van der Waals surface area (Å²) in [5.41, 5.74) is -1.73. The summed E-state index contributed by atoms with van der Waals surface area (Å²) in [5.74, 6) is 1.32. The van der Waals surface area contributed by atoms with Crippen LogP contribution in [0.4, 0.5) is 26.3 Å². The Hall–Kier alpha value is -2.70. The van der Waals surface area contributed by atoms with Gasteiger partial charge in [-0.3, -0.25) is 14.6 Å². The van der Waals surface area contributed by atoms with E-state index in [2.05, 4.69) is 14.8 Å². The molecule has 1 aromatic heterocycles. The van der Waals surface area contributed by atoms with Gasteiger partial charge in [-0.05, 0) is 49.2 Å². The van der Waals surface area contributed by atoms with E-state index in [-0.39, 0.29) is 12.6 Å². The molecular formula is C28H30F6N4OS. The molecular weight excluding hydrogens is 554 g/mol. The highest BCUT2D eigenvalue weighted by Crippen LogP contribution is 2.37. The molecule has 2 aliphatic heterocycles. The van der Waals surface area contributed by atoms with Crippen molar-refractivity contribution in [1.82, 2.24) is 19.7 Å². The van der Waals surface area contributed by atoms with Gasteiger partial charge in [0.25, 0.3) is 5.91 Å². The summed E-state index contributed by atoms with van der Waals surface area (Å²) in [7, 11) is 0. The number of hydrogen-bond acceptors (Lipinski definition) is 4. The summed E-state index contributed by atoms with van der Waals surface area (Å²) in [4.78, 5) is 22.9.